The third kappa shape index (κ3) is 3.80. The molecule has 1 saturated heterocycles. The summed E-state index contributed by atoms with van der Waals surface area (Å²) in [5, 5.41) is 3.03. The van der Waals surface area contributed by atoms with E-state index in [4.69, 9.17) is 0 Å². The van der Waals surface area contributed by atoms with E-state index in [1.165, 1.54) is 24.3 Å². The van der Waals surface area contributed by atoms with Crippen LogP contribution in [-0.4, -0.2) is 50.7 Å². The number of anilines is 3. The number of rotatable bonds is 3. The zero-order valence-corrected chi connectivity index (χ0v) is 15.9. The molecule has 0 bridgehead atoms. The van der Waals surface area contributed by atoms with Crippen molar-refractivity contribution in [3.8, 4) is 0 Å². The Morgan fingerprint density at radius 2 is 1.79 bits per heavy atom. The second kappa shape index (κ2) is 7.75. The third-order valence-corrected chi connectivity index (χ3v) is 5.48. The van der Waals surface area contributed by atoms with Gasteiger partial charge in [0.1, 0.15) is 11.6 Å². The van der Waals surface area contributed by atoms with Crippen LogP contribution in [0.25, 0.3) is 0 Å². The number of amides is 2. The van der Waals surface area contributed by atoms with Crippen molar-refractivity contribution < 1.29 is 13.6 Å². The highest BCUT2D eigenvalue weighted by Gasteiger charge is 2.29. The molecule has 1 N–H and O–H groups in total. The van der Waals surface area contributed by atoms with Crippen molar-refractivity contribution in [2.24, 2.45) is 5.92 Å². The summed E-state index contributed by atoms with van der Waals surface area (Å²) in [6, 6.07) is 10.3. The molecule has 28 heavy (non-hydrogen) atoms. The maximum absolute atomic E-state index is 14.0. The molecule has 4 rings (SSSR count). The van der Waals surface area contributed by atoms with Crippen molar-refractivity contribution >= 4 is 23.1 Å². The van der Waals surface area contributed by atoms with E-state index in [1.54, 1.807) is 23.1 Å². The van der Waals surface area contributed by atoms with Crippen LogP contribution >= 0.6 is 0 Å². The van der Waals surface area contributed by atoms with Gasteiger partial charge in [-0.05, 0) is 68.4 Å². The summed E-state index contributed by atoms with van der Waals surface area (Å²) in [7, 11) is 2.08. The van der Waals surface area contributed by atoms with Gasteiger partial charge in [0.15, 0.2) is 0 Å². The summed E-state index contributed by atoms with van der Waals surface area (Å²) in [5.41, 5.74) is 2.02. The lowest BCUT2D eigenvalue weighted by atomic mass is 10.1. The van der Waals surface area contributed by atoms with Gasteiger partial charge in [-0.25, -0.2) is 13.6 Å². The number of hydrogen-bond acceptors (Lipinski definition) is 3. The Hall–Kier alpha value is -2.67. The molecule has 2 aliphatic heterocycles. The average molecular weight is 386 g/mol. The molecule has 1 fully saturated rings. The van der Waals surface area contributed by atoms with E-state index >= 15 is 0 Å². The number of nitrogens with one attached hydrogen (secondary N) is 1. The van der Waals surface area contributed by atoms with Crippen molar-refractivity contribution in [2.45, 2.75) is 6.42 Å². The van der Waals surface area contributed by atoms with Crippen LogP contribution in [0.15, 0.2) is 42.5 Å². The third-order valence-electron chi connectivity index (χ3n) is 5.48. The molecular formula is C21H24F2N4O. The molecule has 0 spiro atoms. The highest BCUT2D eigenvalue weighted by molar-refractivity contribution is 5.97. The maximum Gasteiger partial charge on any atom is 0.322 e. The average Bonchev–Trinajstić information content (AvgIpc) is 3.11. The van der Waals surface area contributed by atoms with E-state index in [0.29, 0.717) is 36.9 Å². The highest BCUT2D eigenvalue weighted by atomic mass is 19.1. The molecule has 0 aliphatic carbocycles. The Kier molecular flexibility index (Phi) is 5.17. The van der Waals surface area contributed by atoms with Gasteiger partial charge in [0.2, 0.25) is 0 Å². The minimum absolute atomic E-state index is 0.166. The van der Waals surface area contributed by atoms with Crippen LogP contribution in [0.5, 0.6) is 0 Å². The first-order chi connectivity index (χ1) is 13.5. The summed E-state index contributed by atoms with van der Waals surface area (Å²) < 4.78 is 27.2. The number of halogens is 2. The quantitative estimate of drug-likeness (QED) is 0.876. The molecular weight excluding hydrogens is 362 g/mol. The molecule has 7 heteroatoms. The van der Waals surface area contributed by atoms with Gasteiger partial charge in [-0.3, -0.25) is 4.90 Å². The molecule has 2 amide bonds. The van der Waals surface area contributed by atoms with Crippen molar-refractivity contribution in [1.82, 2.24) is 10.2 Å². The summed E-state index contributed by atoms with van der Waals surface area (Å²) in [5.74, 6) is -0.233. The van der Waals surface area contributed by atoms with Gasteiger partial charge in [-0.2, -0.15) is 0 Å². The number of carbonyl (C=O) groups excluding carboxylic acids is 1. The maximum atomic E-state index is 14.0. The topological polar surface area (TPSA) is 38.8 Å². The first-order valence-electron chi connectivity index (χ1n) is 9.58. The van der Waals surface area contributed by atoms with Crippen LogP contribution in [0.4, 0.5) is 30.6 Å². The van der Waals surface area contributed by atoms with Crippen molar-refractivity contribution in [3.63, 3.8) is 0 Å². The molecule has 2 aromatic rings. The van der Waals surface area contributed by atoms with E-state index in [9.17, 15) is 13.6 Å². The monoisotopic (exact) mass is 386 g/mol. The Labute approximate surface area is 163 Å². The normalized spacial score (nSPS) is 19.6. The van der Waals surface area contributed by atoms with Gasteiger partial charge in [0.05, 0.1) is 11.4 Å². The zero-order chi connectivity index (χ0) is 19.7. The van der Waals surface area contributed by atoms with Crippen LogP contribution in [0.2, 0.25) is 0 Å². The minimum Gasteiger partial charge on any atom is -0.338 e. The van der Waals surface area contributed by atoms with E-state index < -0.39 is 0 Å². The molecule has 1 atom stereocenters. The molecule has 0 unspecified atom stereocenters. The number of hydrogen-bond donors (Lipinski definition) is 1. The Bertz CT molecular complexity index is 858. The standard InChI is InChI=1S/C21H24F2N4O/c1-25-9-8-15(14-25)13-24-21(28)27-11-10-26(18-5-2-16(22)3-6-18)20-12-17(23)4-7-19(20)27/h2-7,12,15H,8-11,13-14H2,1H3,(H,24,28)/t15-/m0/s1. The first-order valence-corrected chi connectivity index (χ1v) is 9.58. The van der Waals surface area contributed by atoms with Gasteiger partial charge in [-0.15, -0.1) is 0 Å². The molecule has 2 heterocycles. The predicted octanol–water partition coefficient (Wildman–Crippen LogP) is 3.58. The molecule has 5 nitrogen and oxygen atoms in total. The fourth-order valence-electron chi connectivity index (χ4n) is 4.00. The summed E-state index contributed by atoms with van der Waals surface area (Å²) >= 11 is 0. The number of benzene rings is 2. The fourth-order valence-corrected chi connectivity index (χ4v) is 4.00. The number of urea groups is 1. The van der Waals surface area contributed by atoms with Gasteiger partial charge in [0.25, 0.3) is 0 Å². The van der Waals surface area contributed by atoms with Gasteiger partial charge in [0, 0.05) is 31.9 Å². The fraction of sp³-hybridized carbons (Fsp3) is 0.381. The Morgan fingerprint density at radius 1 is 1.04 bits per heavy atom. The molecule has 0 aromatic heterocycles. The van der Waals surface area contributed by atoms with Gasteiger partial charge in [-0.1, -0.05) is 0 Å². The van der Waals surface area contributed by atoms with E-state index in [-0.39, 0.29) is 17.7 Å². The van der Waals surface area contributed by atoms with Crippen LogP contribution < -0.4 is 15.1 Å². The molecule has 148 valence electrons. The summed E-state index contributed by atoms with van der Waals surface area (Å²) in [4.78, 5) is 18.6. The van der Waals surface area contributed by atoms with E-state index in [1.807, 2.05) is 4.90 Å². The van der Waals surface area contributed by atoms with Gasteiger partial charge < -0.3 is 15.1 Å². The van der Waals surface area contributed by atoms with Crippen LogP contribution in [0.3, 0.4) is 0 Å². The lowest BCUT2D eigenvalue weighted by Crippen LogP contribution is -2.48. The molecule has 2 aliphatic rings. The van der Waals surface area contributed by atoms with Gasteiger partial charge >= 0.3 is 6.03 Å². The predicted molar refractivity (Wildman–Crippen MR) is 106 cm³/mol. The van der Waals surface area contributed by atoms with Crippen LogP contribution in [0.1, 0.15) is 6.42 Å². The second-order valence-corrected chi connectivity index (χ2v) is 7.52. The van der Waals surface area contributed by atoms with E-state index in [0.717, 1.165) is 25.2 Å². The number of fused-ring (bicyclic) bond motifs is 1. The number of carbonyl (C=O) groups is 1. The summed E-state index contributed by atoms with van der Waals surface area (Å²) in [6.07, 6.45) is 1.08. The van der Waals surface area contributed by atoms with Crippen molar-refractivity contribution in [1.29, 1.82) is 0 Å². The molecule has 0 saturated carbocycles. The van der Waals surface area contributed by atoms with E-state index in [2.05, 4.69) is 17.3 Å². The van der Waals surface area contributed by atoms with Crippen LogP contribution in [-0.2, 0) is 0 Å². The molecule has 0 radical (unpaired) electrons. The smallest absolute Gasteiger partial charge is 0.322 e. The summed E-state index contributed by atoms with van der Waals surface area (Å²) in [6.45, 7) is 3.64. The number of nitrogens with zero attached hydrogens (tertiary/aromatic N) is 3. The Morgan fingerprint density at radius 3 is 2.50 bits per heavy atom. The minimum atomic E-state index is -0.373. The Balaban J connectivity index is 1.54. The lowest BCUT2D eigenvalue weighted by molar-refractivity contribution is 0.244. The largest absolute Gasteiger partial charge is 0.338 e. The number of likely N-dealkylation sites (tertiary alicyclic amines) is 1. The zero-order valence-electron chi connectivity index (χ0n) is 15.9. The van der Waals surface area contributed by atoms with Crippen LogP contribution in [0, 0.1) is 17.6 Å². The molecule has 2 aromatic carbocycles. The van der Waals surface area contributed by atoms with Crippen molar-refractivity contribution in [2.75, 3.05) is 49.6 Å². The first kappa shape index (κ1) is 18.7. The van der Waals surface area contributed by atoms with Crippen molar-refractivity contribution in [3.05, 3.63) is 54.1 Å². The SMILES string of the molecule is CN1CC[C@@H](CNC(=O)N2CCN(c3ccc(F)cc3)c3cc(F)ccc32)C1. The lowest BCUT2D eigenvalue weighted by Gasteiger charge is -2.37. The highest BCUT2D eigenvalue weighted by Crippen LogP contribution is 2.38. The second-order valence-electron chi connectivity index (χ2n) is 7.52.